The minimum absolute atomic E-state index is 0.0196. The van der Waals surface area contributed by atoms with Crippen molar-refractivity contribution >= 4 is 28.6 Å². The van der Waals surface area contributed by atoms with Gasteiger partial charge >= 0.3 is 0 Å². The fourth-order valence-electron chi connectivity index (χ4n) is 5.23. The van der Waals surface area contributed by atoms with Gasteiger partial charge in [-0.3, -0.25) is 15.0 Å². The Hall–Kier alpha value is -2.93. The minimum atomic E-state index is -1.51. The van der Waals surface area contributed by atoms with Gasteiger partial charge in [-0.15, -0.1) is 11.8 Å². The van der Waals surface area contributed by atoms with Gasteiger partial charge in [-0.25, -0.2) is 23.0 Å². The third kappa shape index (κ3) is 6.51. The first-order valence-electron chi connectivity index (χ1n) is 12.9. The fraction of sp³-hybridized carbons (Fsp3) is 0.429. The molecule has 3 aromatic rings. The van der Waals surface area contributed by atoms with Gasteiger partial charge in [-0.2, -0.15) is 0 Å². The third-order valence-electron chi connectivity index (χ3n) is 7.59. The highest BCUT2D eigenvalue weighted by molar-refractivity contribution is 7.99. The van der Waals surface area contributed by atoms with Gasteiger partial charge in [0, 0.05) is 39.9 Å². The maximum Gasteiger partial charge on any atom is 0.249 e. The normalized spacial score (nSPS) is 16.2. The molecule has 2 heterocycles. The molecule has 1 saturated heterocycles. The number of hydroxylamine groups is 1. The van der Waals surface area contributed by atoms with Crippen molar-refractivity contribution in [3.8, 4) is 5.75 Å². The number of thioether (sulfide) groups is 1. The molecule has 4 rings (SSSR count). The first kappa shape index (κ1) is 30.0. The first-order chi connectivity index (χ1) is 19.2. The van der Waals surface area contributed by atoms with Crippen LogP contribution >= 0.6 is 11.8 Å². The quantitative estimate of drug-likeness (QED) is 0.0928. The van der Waals surface area contributed by atoms with Crippen LogP contribution in [0.4, 0.5) is 17.6 Å². The Kier molecular flexibility index (Phi) is 9.88. The molecule has 2 aromatic carbocycles. The van der Waals surface area contributed by atoms with Gasteiger partial charge < -0.3 is 14.7 Å². The summed E-state index contributed by atoms with van der Waals surface area (Å²) in [5.41, 5.74) is 1.96. The van der Waals surface area contributed by atoms with E-state index in [9.17, 15) is 28.3 Å². The molecular formula is C28H31F4N3O4S. The molecule has 3 N–H and O–H groups in total. The number of aliphatic hydroxyl groups is 1. The van der Waals surface area contributed by atoms with Crippen LogP contribution in [0.3, 0.4) is 0 Å². The Labute approximate surface area is 233 Å². The van der Waals surface area contributed by atoms with Crippen molar-refractivity contribution in [1.29, 1.82) is 0 Å². The number of pyridine rings is 1. The van der Waals surface area contributed by atoms with Crippen LogP contribution < -0.4 is 10.2 Å². The number of rotatable bonds is 11. The number of amides is 1. The van der Waals surface area contributed by atoms with Crippen LogP contribution in [0.1, 0.15) is 43.0 Å². The van der Waals surface area contributed by atoms with Crippen molar-refractivity contribution in [2.45, 2.75) is 43.4 Å². The SMILES string of the molecule is COc1ccc2ncc(CO)c([C@H](F)CCC3(C(=O)NO)CCN(CCSc4cc(F)c(F)c(F)c4)CC3)c2c1. The molecule has 0 unspecified atom stereocenters. The molecule has 0 radical (unpaired) electrons. The van der Waals surface area contributed by atoms with E-state index in [-0.39, 0.29) is 17.7 Å². The number of hydrogen-bond donors (Lipinski definition) is 3. The number of ether oxygens (including phenoxy) is 1. The molecule has 0 spiro atoms. The topological polar surface area (TPSA) is 94.9 Å². The molecule has 40 heavy (non-hydrogen) atoms. The number of aromatic nitrogens is 1. The van der Waals surface area contributed by atoms with E-state index in [1.54, 1.807) is 23.7 Å². The summed E-state index contributed by atoms with van der Waals surface area (Å²) in [6.45, 7) is 1.14. The highest BCUT2D eigenvalue weighted by Gasteiger charge is 2.41. The summed E-state index contributed by atoms with van der Waals surface area (Å²) in [5, 5.41) is 19.8. The first-order valence-corrected chi connectivity index (χ1v) is 13.8. The van der Waals surface area contributed by atoms with Crippen LogP contribution in [0.25, 0.3) is 10.9 Å². The zero-order chi connectivity index (χ0) is 28.9. The molecule has 1 aliphatic rings. The summed E-state index contributed by atoms with van der Waals surface area (Å²) in [5.74, 6) is -3.55. The highest BCUT2D eigenvalue weighted by atomic mass is 32.2. The van der Waals surface area contributed by atoms with Crippen LogP contribution in [0.15, 0.2) is 41.4 Å². The minimum Gasteiger partial charge on any atom is -0.497 e. The number of aliphatic hydroxyl groups excluding tert-OH is 1. The zero-order valence-electron chi connectivity index (χ0n) is 21.9. The van der Waals surface area contributed by atoms with Gasteiger partial charge in [0.2, 0.25) is 5.91 Å². The molecule has 1 fully saturated rings. The number of hydrogen-bond acceptors (Lipinski definition) is 7. The summed E-state index contributed by atoms with van der Waals surface area (Å²) in [6.07, 6.45) is 0.819. The summed E-state index contributed by atoms with van der Waals surface area (Å²) in [6, 6.07) is 7.00. The second kappa shape index (κ2) is 13.2. The number of piperidine rings is 1. The molecule has 1 amide bonds. The molecule has 1 atom stereocenters. The molecular weight excluding hydrogens is 550 g/mol. The number of carbonyl (C=O) groups is 1. The molecule has 0 aliphatic carbocycles. The second-order valence-corrected chi connectivity index (χ2v) is 11.0. The van der Waals surface area contributed by atoms with Crippen molar-refractivity contribution in [2.75, 3.05) is 32.5 Å². The molecule has 1 aromatic heterocycles. The number of methoxy groups -OCH3 is 1. The van der Waals surface area contributed by atoms with Gasteiger partial charge in [0.25, 0.3) is 0 Å². The van der Waals surface area contributed by atoms with Gasteiger partial charge in [-0.1, -0.05) is 0 Å². The van der Waals surface area contributed by atoms with E-state index in [4.69, 9.17) is 4.74 Å². The highest BCUT2D eigenvalue weighted by Crippen LogP contribution is 2.41. The Bertz CT molecular complexity index is 1330. The molecule has 7 nitrogen and oxygen atoms in total. The van der Waals surface area contributed by atoms with Crippen molar-refractivity contribution in [3.05, 3.63) is 65.1 Å². The van der Waals surface area contributed by atoms with Crippen LogP contribution in [0.2, 0.25) is 0 Å². The summed E-state index contributed by atoms with van der Waals surface area (Å²) < 4.78 is 61.2. The van der Waals surface area contributed by atoms with Gasteiger partial charge in [-0.05, 0) is 69.1 Å². The Morgan fingerprint density at radius 3 is 2.52 bits per heavy atom. The lowest BCUT2D eigenvalue weighted by Gasteiger charge is -2.40. The number of carbonyl (C=O) groups excluding carboxylic acids is 1. The van der Waals surface area contributed by atoms with Crippen LogP contribution in [0.5, 0.6) is 5.75 Å². The van der Waals surface area contributed by atoms with E-state index in [0.717, 1.165) is 12.1 Å². The number of fused-ring (bicyclic) bond motifs is 1. The van der Waals surface area contributed by atoms with Crippen LogP contribution in [-0.4, -0.2) is 58.6 Å². The Balaban J connectivity index is 1.41. The molecule has 0 saturated carbocycles. The lowest BCUT2D eigenvalue weighted by molar-refractivity contribution is -0.143. The number of likely N-dealkylation sites (tertiary alicyclic amines) is 1. The van der Waals surface area contributed by atoms with E-state index in [2.05, 4.69) is 9.88 Å². The fourth-order valence-corrected chi connectivity index (χ4v) is 6.18. The largest absolute Gasteiger partial charge is 0.497 e. The van der Waals surface area contributed by atoms with E-state index in [0.29, 0.717) is 66.0 Å². The molecule has 216 valence electrons. The predicted octanol–water partition coefficient (Wildman–Crippen LogP) is 5.32. The van der Waals surface area contributed by atoms with E-state index in [1.807, 2.05) is 0 Å². The number of nitrogens with one attached hydrogen (secondary N) is 1. The van der Waals surface area contributed by atoms with E-state index < -0.39 is 41.6 Å². The average Bonchev–Trinajstić information content (AvgIpc) is 2.97. The van der Waals surface area contributed by atoms with Gasteiger partial charge in [0.05, 0.1) is 24.6 Å². The van der Waals surface area contributed by atoms with Crippen molar-refractivity contribution in [3.63, 3.8) is 0 Å². The maximum atomic E-state index is 15.9. The lowest BCUT2D eigenvalue weighted by Crippen LogP contribution is -2.48. The van der Waals surface area contributed by atoms with Gasteiger partial charge in [0.15, 0.2) is 17.5 Å². The Morgan fingerprint density at radius 1 is 1.20 bits per heavy atom. The van der Waals surface area contributed by atoms with Crippen LogP contribution in [0, 0.1) is 22.9 Å². The smallest absolute Gasteiger partial charge is 0.249 e. The monoisotopic (exact) mass is 581 g/mol. The van der Waals surface area contributed by atoms with Crippen molar-refractivity contribution in [1.82, 2.24) is 15.4 Å². The lowest BCUT2D eigenvalue weighted by atomic mass is 9.73. The van der Waals surface area contributed by atoms with Crippen molar-refractivity contribution < 1.29 is 37.4 Å². The molecule has 0 bridgehead atoms. The summed E-state index contributed by atoms with van der Waals surface area (Å²) in [7, 11) is 1.50. The Morgan fingerprint density at radius 2 is 1.90 bits per heavy atom. The van der Waals surface area contributed by atoms with E-state index in [1.165, 1.54) is 25.1 Å². The number of halogens is 4. The summed E-state index contributed by atoms with van der Waals surface area (Å²) in [4.78, 5) is 19.4. The van der Waals surface area contributed by atoms with E-state index >= 15 is 4.39 Å². The summed E-state index contributed by atoms with van der Waals surface area (Å²) >= 11 is 1.19. The average molecular weight is 582 g/mol. The third-order valence-corrected chi connectivity index (χ3v) is 8.54. The number of nitrogens with zero attached hydrogens (tertiary/aromatic N) is 2. The zero-order valence-corrected chi connectivity index (χ0v) is 22.7. The maximum absolute atomic E-state index is 15.9. The predicted molar refractivity (Wildman–Crippen MR) is 142 cm³/mol. The van der Waals surface area contributed by atoms with Crippen molar-refractivity contribution in [2.24, 2.45) is 5.41 Å². The number of alkyl halides is 1. The molecule has 1 aliphatic heterocycles. The second-order valence-electron chi connectivity index (χ2n) is 9.86. The van der Waals surface area contributed by atoms with Crippen LogP contribution in [-0.2, 0) is 11.4 Å². The van der Waals surface area contributed by atoms with Gasteiger partial charge in [0.1, 0.15) is 11.9 Å². The number of benzene rings is 2. The molecule has 12 heteroatoms. The standard InChI is InChI=1S/C28H31F4N3O4S/c1-39-18-2-3-24-20(12-18)25(17(16-36)15-33-24)21(29)4-5-28(27(37)34-38)6-8-35(9-7-28)10-11-40-19-13-22(30)26(32)23(31)14-19/h2-3,12-15,21,36,38H,4-11,16H2,1H3,(H,34,37)/t21-/m1/s1.